The van der Waals surface area contributed by atoms with Crippen molar-refractivity contribution in [2.45, 2.75) is 13.5 Å². The Bertz CT molecular complexity index is 648. The molecule has 0 radical (unpaired) electrons. The molecule has 2 rings (SSSR count). The third-order valence-electron chi connectivity index (χ3n) is 3.13. The van der Waals surface area contributed by atoms with Crippen LogP contribution in [0.25, 0.3) is 11.1 Å². The Labute approximate surface area is 115 Å². The summed E-state index contributed by atoms with van der Waals surface area (Å²) in [4.78, 5) is 22.9. The van der Waals surface area contributed by atoms with Gasteiger partial charge < -0.3 is 9.67 Å². The van der Waals surface area contributed by atoms with Crippen LogP contribution in [-0.2, 0) is 6.54 Å². The van der Waals surface area contributed by atoms with Crippen molar-refractivity contribution in [2.75, 3.05) is 12.0 Å². The minimum Gasteiger partial charge on any atom is -0.478 e. The number of thioether (sulfide) groups is 1. The summed E-state index contributed by atoms with van der Waals surface area (Å²) in [5, 5.41) is 9.38. The molecule has 0 aromatic rings. The van der Waals surface area contributed by atoms with Gasteiger partial charge in [-0.1, -0.05) is 0 Å². The lowest BCUT2D eigenvalue weighted by atomic mass is 9.98. The second-order valence-electron chi connectivity index (χ2n) is 4.33. The predicted molar refractivity (Wildman–Crippen MR) is 77.4 cm³/mol. The standard InChI is InChI=1S/C14H15NO3S/c1-9-13(14(17)18)12-7-11(16)4-3-10(12)8-15(9)5-6-19-2/h3-4,7-8H,5-6H2,1-2H3,(H,17,18). The quantitative estimate of drug-likeness (QED) is 0.931. The highest BCUT2D eigenvalue weighted by Crippen LogP contribution is 2.27. The molecule has 0 aromatic carbocycles. The molecule has 0 fully saturated rings. The molecule has 1 aliphatic heterocycles. The maximum atomic E-state index is 11.5. The van der Waals surface area contributed by atoms with Crippen molar-refractivity contribution < 1.29 is 9.90 Å². The second-order valence-corrected chi connectivity index (χ2v) is 5.32. The number of carbonyl (C=O) groups is 1. The number of carboxylic acid groups (broad SMARTS) is 1. The fourth-order valence-electron chi connectivity index (χ4n) is 2.16. The van der Waals surface area contributed by atoms with Crippen molar-refractivity contribution in [3.63, 3.8) is 0 Å². The number of aromatic carboxylic acids is 1. The first kappa shape index (κ1) is 13.7. The zero-order chi connectivity index (χ0) is 14.0. The third-order valence-corrected chi connectivity index (χ3v) is 3.72. The summed E-state index contributed by atoms with van der Waals surface area (Å²) in [5.41, 5.74) is 2.02. The molecule has 0 unspecified atom stereocenters. The number of benzene rings is 1. The SMILES string of the molecule is CSCCn1cc2ccc(=O)cc-2c(C(=O)O)c1C. The van der Waals surface area contributed by atoms with Crippen LogP contribution >= 0.6 is 11.8 Å². The van der Waals surface area contributed by atoms with E-state index in [4.69, 9.17) is 0 Å². The summed E-state index contributed by atoms with van der Waals surface area (Å²) in [6, 6.07) is 4.53. The molecule has 100 valence electrons. The van der Waals surface area contributed by atoms with Gasteiger partial charge in [0.05, 0.1) is 5.56 Å². The first-order valence-electron chi connectivity index (χ1n) is 5.90. The van der Waals surface area contributed by atoms with Crippen LogP contribution in [0.15, 0.2) is 29.2 Å². The van der Waals surface area contributed by atoms with Crippen molar-refractivity contribution in [1.29, 1.82) is 0 Å². The Morgan fingerprint density at radius 1 is 1.42 bits per heavy atom. The second kappa shape index (κ2) is 5.48. The van der Waals surface area contributed by atoms with Gasteiger partial charge in [-0.25, -0.2) is 4.79 Å². The number of hydrogen-bond acceptors (Lipinski definition) is 3. The van der Waals surface area contributed by atoms with Crippen LogP contribution in [0.4, 0.5) is 0 Å². The van der Waals surface area contributed by atoms with E-state index in [9.17, 15) is 14.7 Å². The maximum absolute atomic E-state index is 11.5. The van der Waals surface area contributed by atoms with Gasteiger partial charge in [0.15, 0.2) is 5.43 Å². The first-order chi connectivity index (χ1) is 9.04. The number of fused-ring (bicyclic) bond motifs is 1. The van der Waals surface area contributed by atoms with E-state index in [-0.39, 0.29) is 11.0 Å². The zero-order valence-electron chi connectivity index (χ0n) is 10.8. The molecule has 4 nitrogen and oxygen atoms in total. The van der Waals surface area contributed by atoms with Crippen LogP contribution in [0.5, 0.6) is 0 Å². The number of hydrogen-bond donors (Lipinski definition) is 1. The summed E-state index contributed by atoms with van der Waals surface area (Å²) in [6.07, 6.45) is 3.92. The van der Waals surface area contributed by atoms with Gasteiger partial charge in [0.1, 0.15) is 0 Å². The van der Waals surface area contributed by atoms with Gasteiger partial charge in [0, 0.05) is 29.8 Å². The molecule has 0 bridgehead atoms. The van der Waals surface area contributed by atoms with Gasteiger partial charge in [0.2, 0.25) is 0 Å². The number of rotatable bonds is 4. The summed E-state index contributed by atoms with van der Waals surface area (Å²) < 4.78 is 1.94. The van der Waals surface area contributed by atoms with Crippen molar-refractivity contribution in [2.24, 2.45) is 0 Å². The Morgan fingerprint density at radius 2 is 2.16 bits per heavy atom. The van der Waals surface area contributed by atoms with Gasteiger partial charge in [-0.05, 0) is 36.9 Å². The van der Waals surface area contributed by atoms with Crippen LogP contribution in [-0.4, -0.2) is 27.7 Å². The summed E-state index contributed by atoms with van der Waals surface area (Å²) >= 11 is 1.71. The molecular formula is C14H15NO3S. The van der Waals surface area contributed by atoms with Gasteiger partial charge in [-0.3, -0.25) is 4.79 Å². The average molecular weight is 277 g/mol. The zero-order valence-corrected chi connectivity index (χ0v) is 11.7. The topological polar surface area (TPSA) is 59.3 Å². The van der Waals surface area contributed by atoms with E-state index in [0.717, 1.165) is 17.9 Å². The highest BCUT2D eigenvalue weighted by molar-refractivity contribution is 7.98. The minimum atomic E-state index is -0.994. The van der Waals surface area contributed by atoms with Crippen LogP contribution in [0, 0.1) is 6.92 Å². The van der Waals surface area contributed by atoms with E-state index in [1.165, 1.54) is 12.1 Å². The van der Waals surface area contributed by atoms with Crippen LogP contribution in [0.3, 0.4) is 0 Å². The van der Waals surface area contributed by atoms with Gasteiger partial charge >= 0.3 is 5.97 Å². The molecule has 1 heterocycles. The fraction of sp³-hybridized carbons (Fsp3) is 0.286. The van der Waals surface area contributed by atoms with E-state index in [2.05, 4.69) is 0 Å². The van der Waals surface area contributed by atoms with E-state index in [1.54, 1.807) is 24.8 Å². The predicted octanol–water partition coefficient (Wildman–Crippen LogP) is 2.32. The lowest BCUT2D eigenvalue weighted by Crippen LogP contribution is -2.15. The Morgan fingerprint density at radius 3 is 2.79 bits per heavy atom. The number of aryl methyl sites for hydroxylation is 1. The third kappa shape index (κ3) is 2.66. The molecule has 0 spiro atoms. The summed E-state index contributed by atoms with van der Waals surface area (Å²) in [6.45, 7) is 2.53. The summed E-state index contributed by atoms with van der Waals surface area (Å²) in [5.74, 6) is -0.0815. The number of pyridine rings is 1. The van der Waals surface area contributed by atoms with E-state index < -0.39 is 5.97 Å². The average Bonchev–Trinajstić information content (AvgIpc) is 2.36. The molecule has 0 amide bonds. The van der Waals surface area contributed by atoms with Crippen molar-refractivity contribution in [3.8, 4) is 11.1 Å². The highest BCUT2D eigenvalue weighted by Gasteiger charge is 2.19. The normalized spacial score (nSPS) is 10.8. The van der Waals surface area contributed by atoms with E-state index >= 15 is 0 Å². The van der Waals surface area contributed by atoms with Gasteiger partial charge in [-0.15, -0.1) is 0 Å². The largest absolute Gasteiger partial charge is 0.478 e. The highest BCUT2D eigenvalue weighted by atomic mass is 32.2. The maximum Gasteiger partial charge on any atom is 0.338 e. The smallest absolute Gasteiger partial charge is 0.338 e. The molecule has 0 saturated heterocycles. The Hall–Kier alpha value is -1.75. The fourth-order valence-corrected chi connectivity index (χ4v) is 2.54. The van der Waals surface area contributed by atoms with E-state index in [1.807, 2.05) is 17.0 Å². The Balaban J connectivity index is 2.71. The molecule has 2 aliphatic rings. The number of aromatic nitrogens is 1. The van der Waals surface area contributed by atoms with Crippen molar-refractivity contribution in [3.05, 3.63) is 45.9 Å². The lowest BCUT2D eigenvalue weighted by molar-refractivity contribution is 0.0696. The van der Waals surface area contributed by atoms with Crippen molar-refractivity contribution in [1.82, 2.24) is 4.57 Å². The molecule has 0 aromatic heterocycles. The minimum absolute atomic E-state index is 0.170. The monoisotopic (exact) mass is 277 g/mol. The molecule has 1 aliphatic carbocycles. The van der Waals surface area contributed by atoms with Crippen LogP contribution in [0.2, 0.25) is 0 Å². The molecule has 19 heavy (non-hydrogen) atoms. The molecule has 0 saturated carbocycles. The molecule has 0 atom stereocenters. The number of nitrogens with zero attached hydrogens (tertiary/aromatic N) is 1. The first-order valence-corrected chi connectivity index (χ1v) is 7.30. The molecule has 5 heteroatoms. The molecular weight excluding hydrogens is 262 g/mol. The summed E-state index contributed by atoms with van der Waals surface area (Å²) in [7, 11) is 0. The van der Waals surface area contributed by atoms with Crippen LogP contribution < -0.4 is 5.43 Å². The van der Waals surface area contributed by atoms with Gasteiger partial charge in [0.25, 0.3) is 0 Å². The number of carboxylic acids is 1. The van der Waals surface area contributed by atoms with E-state index in [0.29, 0.717) is 11.3 Å². The van der Waals surface area contributed by atoms with Gasteiger partial charge in [-0.2, -0.15) is 11.8 Å². The molecule has 1 N–H and O–H groups in total. The Kier molecular flexibility index (Phi) is 3.95. The van der Waals surface area contributed by atoms with Crippen molar-refractivity contribution >= 4 is 17.7 Å². The van der Waals surface area contributed by atoms with Crippen LogP contribution in [0.1, 0.15) is 16.1 Å². The lowest BCUT2D eigenvalue weighted by Gasteiger charge is -2.18.